The van der Waals surface area contributed by atoms with Crippen LogP contribution in [-0.4, -0.2) is 15.9 Å². The van der Waals surface area contributed by atoms with Crippen molar-refractivity contribution in [2.45, 2.75) is 0 Å². The van der Waals surface area contributed by atoms with E-state index in [-0.39, 0.29) is 5.91 Å². The molecule has 0 bridgehead atoms. The maximum absolute atomic E-state index is 11.7. The van der Waals surface area contributed by atoms with Gasteiger partial charge in [0.25, 0.3) is 5.91 Å². The third kappa shape index (κ3) is 2.72. The summed E-state index contributed by atoms with van der Waals surface area (Å²) < 4.78 is 1.08. The third-order valence-electron chi connectivity index (χ3n) is 1.63. The van der Waals surface area contributed by atoms with Crippen LogP contribution in [0.4, 0.5) is 5.82 Å². The lowest BCUT2D eigenvalue weighted by molar-refractivity contribution is 0.102. The predicted octanol–water partition coefficient (Wildman–Crippen LogP) is 2.40. The molecule has 0 spiro atoms. The number of halogens is 1. The van der Waals surface area contributed by atoms with Crippen molar-refractivity contribution in [1.29, 1.82) is 0 Å². The first kappa shape index (κ1) is 10.5. The van der Waals surface area contributed by atoms with E-state index in [1.54, 1.807) is 6.20 Å². The Kier molecular flexibility index (Phi) is 3.27. The highest BCUT2D eigenvalue weighted by Gasteiger charge is 2.08. The number of hydrogen-bond donors (Lipinski definition) is 1. The van der Waals surface area contributed by atoms with Crippen molar-refractivity contribution in [3.63, 3.8) is 0 Å². The average molecular weight is 331 g/mol. The largest absolute Gasteiger partial charge is 0.305 e. The smallest absolute Gasteiger partial charge is 0.257 e. The topological polar surface area (TPSA) is 54.9 Å². The highest BCUT2D eigenvalue weighted by molar-refractivity contribution is 14.1. The van der Waals surface area contributed by atoms with Crippen molar-refractivity contribution in [3.8, 4) is 0 Å². The average Bonchev–Trinajstić information content (AvgIpc) is 2.66. The summed E-state index contributed by atoms with van der Waals surface area (Å²) in [5, 5.41) is 4.48. The molecule has 1 N–H and O–H groups in total. The van der Waals surface area contributed by atoms with Crippen molar-refractivity contribution < 1.29 is 4.79 Å². The first-order valence-corrected chi connectivity index (χ1v) is 6.03. The fourth-order valence-corrected chi connectivity index (χ4v) is 2.31. The molecule has 0 aromatic carbocycles. The minimum atomic E-state index is -0.158. The molecule has 1 amide bonds. The molecular weight excluding hydrogens is 325 g/mol. The summed E-state index contributed by atoms with van der Waals surface area (Å²) in [5.74, 6) is 0.304. The first-order valence-electron chi connectivity index (χ1n) is 4.07. The fourth-order valence-electron chi connectivity index (χ4n) is 0.981. The van der Waals surface area contributed by atoms with E-state index in [9.17, 15) is 4.79 Å². The third-order valence-corrected chi connectivity index (χ3v) is 3.42. The van der Waals surface area contributed by atoms with Crippen LogP contribution in [0.25, 0.3) is 0 Å². The SMILES string of the molecule is O=C(Nc1cnccn1)c1csc(I)c1. The van der Waals surface area contributed by atoms with Crippen LogP contribution in [-0.2, 0) is 0 Å². The van der Waals surface area contributed by atoms with Crippen LogP contribution < -0.4 is 5.32 Å². The van der Waals surface area contributed by atoms with Gasteiger partial charge in [-0.3, -0.25) is 9.78 Å². The van der Waals surface area contributed by atoms with Crippen molar-refractivity contribution in [3.05, 3.63) is 38.5 Å². The zero-order valence-corrected chi connectivity index (χ0v) is 10.4. The van der Waals surface area contributed by atoms with Crippen molar-refractivity contribution in [1.82, 2.24) is 9.97 Å². The van der Waals surface area contributed by atoms with Crippen LogP contribution in [0.2, 0.25) is 0 Å². The number of anilines is 1. The molecule has 0 unspecified atom stereocenters. The number of hydrogen-bond acceptors (Lipinski definition) is 4. The number of carbonyl (C=O) groups excluding carboxylic acids is 1. The van der Waals surface area contributed by atoms with Gasteiger partial charge in [0.05, 0.1) is 14.6 Å². The van der Waals surface area contributed by atoms with Gasteiger partial charge >= 0.3 is 0 Å². The summed E-state index contributed by atoms with van der Waals surface area (Å²) in [6, 6.07) is 1.83. The van der Waals surface area contributed by atoms with Crippen LogP contribution in [0.1, 0.15) is 10.4 Å². The summed E-state index contributed by atoms with van der Waals surface area (Å²) in [5.41, 5.74) is 0.648. The zero-order valence-electron chi connectivity index (χ0n) is 7.48. The Morgan fingerprint density at radius 2 is 2.33 bits per heavy atom. The molecule has 2 heterocycles. The van der Waals surface area contributed by atoms with E-state index in [1.807, 2.05) is 11.4 Å². The number of carbonyl (C=O) groups is 1. The molecule has 0 fully saturated rings. The van der Waals surface area contributed by atoms with E-state index in [2.05, 4.69) is 37.9 Å². The minimum Gasteiger partial charge on any atom is -0.305 e. The van der Waals surface area contributed by atoms with Crippen molar-refractivity contribution in [2.75, 3.05) is 5.32 Å². The highest BCUT2D eigenvalue weighted by Crippen LogP contribution is 2.17. The molecular formula is C9H6IN3OS. The van der Waals surface area contributed by atoms with Gasteiger partial charge in [0.2, 0.25) is 0 Å². The lowest BCUT2D eigenvalue weighted by atomic mass is 10.3. The maximum Gasteiger partial charge on any atom is 0.257 e. The van der Waals surface area contributed by atoms with Crippen LogP contribution in [0.5, 0.6) is 0 Å². The minimum absolute atomic E-state index is 0.158. The molecule has 0 aliphatic carbocycles. The molecule has 76 valence electrons. The fraction of sp³-hybridized carbons (Fsp3) is 0. The Morgan fingerprint density at radius 3 is 2.93 bits per heavy atom. The highest BCUT2D eigenvalue weighted by atomic mass is 127. The number of thiophene rings is 1. The lowest BCUT2D eigenvalue weighted by Gasteiger charge is -2.00. The van der Waals surface area contributed by atoms with Crippen LogP contribution in [0.3, 0.4) is 0 Å². The summed E-state index contributed by atoms with van der Waals surface area (Å²) in [7, 11) is 0. The predicted molar refractivity (Wildman–Crippen MR) is 67.0 cm³/mol. The number of amides is 1. The van der Waals surface area contributed by atoms with E-state index in [0.29, 0.717) is 11.4 Å². The van der Waals surface area contributed by atoms with Gasteiger partial charge in [-0.25, -0.2) is 4.98 Å². The number of rotatable bonds is 2. The molecule has 2 aromatic heterocycles. The molecule has 0 saturated heterocycles. The van der Waals surface area contributed by atoms with Gasteiger partial charge in [-0.05, 0) is 28.7 Å². The van der Waals surface area contributed by atoms with Crippen LogP contribution in [0.15, 0.2) is 30.0 Å². The summed E-state index contributed by atoms with van der Waals surface area (Å²) in [6.07, 6.45) is 4.60. The molecule has 2 rings (SSSR count). The Hall–Kier alpha value is -1.02. The van der Waals surface area contributed by atoms with Gasteiger partial charge in [-0.15, -0.1) is 11.3 Å². The number of nitrogens with one attached hydrogen (secondary N) is 1. The van der Waals surface area contributed by atoms with E-state index < -0.39 is 0 Å². The Bertz CT molecular complexity index is 471. The molecule has 0 atom stereocenters. The van der Waals surface area contributed by atoms with Gasteiger partial charge < -0.3 is 5.32 Å². The van der Waals surface area contributed by atoms with Gasteiger partial charge in [0.1, 0.15) is 0 Å². The van der Waals surface area contributed by atoms with Crippen LogP contribution >= 0.6 is 33.9 Å². The van der Waals surface area contributed by atoms with E-state index >= 15 is 0 Å². The van der Waals surface area contributed by atoms with Gasteiger partial charge in [-0.2, -0.15) is 0 Å². The molecule has 0 aliphatic heterocycles. The summed E-state index contributed by atoms with van der Waals surface area (Å²) in [4.78, 5) is 19.5. The Labute approximate surface area is 104 Å². The van der Waals surface area contributed by atoms with E-state index in [1.165, 1.54) is 23.7 Å². The van der Waals surface area contributed by atoms with Gasteiger partial charge in [0.15, 0.2) is 5.82 Å². The quantitative estimate of drug-likeness (QED) is 0.860. The number of aromatic nitrogens is 2. The normalized spacial score (nSPS) is 9.93. The second-order valence-corrected chi connectivity index (χ2v) is 5.49. The van der Waals surface area contributed by atoms with Crippen molar-refractivity contribution >= 4 is 45.7 Å². The van der Waals surface area contributed by atoms with Gasteiger partial charge in [0, 0.05) is 17.8 Å². The zero-order chi connectivity index (χ0) is 10.7. The molecule has 0 saturated carbocycles. The first-order chi connectivity index (χ1) is 7.25. The van der Waals surface area contributed by atoms with E-state index in [0.717, 1.165) is 2.88 Å². The Balaban J connectivity index is 2.11. The molecule has 4 nitrogen and oxygen atoms in total. The lowest BCUT2D eigenvalue weighted by Crippen LogP contribution is -2.11. The molecule has 2 aromatic rings. The Morgan fingerprint density at radius 1 is 1.47 bits per heavy atom. The molecule has 0 aliphatic rings. The molecule has 15 heavy (non-hydrogen) atoms. The summed E-state index contributed by atoms with van der Waals surface area (Å²) in [6.45, 7) is 0. The summed E-state index contributed by atoms with van der Waals surface area (Å²) >= 11 is 3.71. The number of nitrogens with zero attached hydrogens (tertiary/aromatic N) is 2. The standard InChI is InChI=1S/C9H6IN3OS/c10-7-3-6(5-15-7)9(14)13-8-4-11-1-2-12-8/h1-5H,(H,12,13,14). The van der Waals surface area contributed by atoms with Gasteiger partial charge in [-0.1, -0.05) is 0 Å². The second-order valence-electron chi connectivity index (χ2n) is 2.68. The monoisotopic (exact) mass is 331 g/mol. The molecule has 0 radical (unpaired) electrons. The van der Waals surface area contributed by atoms with Crippen molar-refractivity contribution in [2.24, 2.45) is 0 Å². The molecule has 6 heteroatoms. The maximum atomic E-state index is 11.7. The van der Waals surface area contributed by atoms with E-state index in [4.69, 9.17) is 0 Å². The second kappa shape index (κ2) is 4.67. The van der Waals surface area contributed by atoms with Crippen LogP contribution in [0, 0.1) is 2.88 Å².